The lowest BCUT2D eigenvalue weighted by molar-refractivity contribution is -0.384. The maximum atomic E-state index is 12.7. The highest BCUT2D eigenvalue weighted by Crippen LogP contribution is 2.30. The zero-order chi connectivity index (χ0) is 17.7. The Morgan fingerprint density at radius 3 is 2.56 bits per heavy atom. The van der Waals surface area contributed by atoms with Crippen molar-refractivity contribution in [2.24, 2.45) is 0 Å². The minimum Gasteiger partial charge on any atom is -0.383 e. The summed E-state index contributed by atoms with van der Waals surface area (Å²) >= 11 is 0. The topological polar surface area (TPSA) is 109 Å². The van der Waals surface area contributed by atoms with Gasteiger partial charge in [-0.25, -0.2) is 4.68 Å². The average molecular weight is 353 g/mol. The molecule has 2 aromatic carbocycles. The van der Waals surface area contributed by atoms with Crippen molar-refractivity contribution in [2.45, 2.75) is 0 Å². The minimum absolute atomic E-state index is 0.0992. The maximum Gasteiger partial charge on any atom is 0.271 e. The summed E-state index contributed by atoms with van der Waals surface area (Å²) in [5.41, 5.74) is 7.23. The molecule has 0 aliphatic carbocycles. The Labute approximate surface area is 142 Å². The Morgan fingerprint density at radius 1 is 1.16 bits per heavy atom. The van der Waals surface area contributed by atoms with Gasteiger partial charge in [0.1, 0.15) is 16.7 Å². The predicted molar refractivity (Wildman–Crippen MR) is 99.0 cm³/mol. The van der Waals surface area contributed by atoms with Crippen LogP contribution in [0.1, 0.15) is 0 Å². The summed E-state index contributed by atoms with van der Waals surface area (Å²) in [5, 5.41) is 16.4. The van der Waals surface area contributed by atoms with Gasteiger partial charge in [-0.1, -0.05) is 18.2 Å². The number of nitrogens with two attached hydrogens (primary N) is 1. The molecule has 0 aliphatic heterocycles. The SMILES string of the molecule is Nc1c2c(=O)n(P)c3cc([N+](=O)[O-])ccc3c2nn1-c1ccccc1. The first kappa shape index (κ1) is 15.3. The number of nitro groups is 1. The van der Waals surface area contributed by atoms with Crippen molar-refractivity contribution in [3.8, 4) is 5.69 Å². The van der Waals surface area contributed by atoms with Crippen LogP contribution in [-0.4, -0.2) is 19.0 Å². The largest absolute Gasteiger partial charge is 0.383 e. The van der Waals surface area contributed by atoms with E-state index in [0.717, 1.165) is 5.69 Å². The van der Waals surface area contributed by atoms with E-state index in [1.807, 2.05) is 30.3 Å². The van der Waals surface area contributed by atoms with Gasteiger partial charge in [0.15, 0.2) is 0 Å². The van der Waals surface area contributed by atoms with Gasteiger partial charge < -0.3 is 5.73 Å². The second-order valence-corrected chi connectivity index (χ2v) is 6.01. The number of fused-ring (bicyclic) bond motifs is 3. The molecule has 0 saturated heterocycles. The molecule has 124 valence electrons. The van der Waals surface area contributed by atoms with Gasteiger partial charge in [-0.15, -0.1) is 0 Å². The number of nitro benzene ring substituents is 1. The Balaban J connectivity index is 2.15. The summed E-state index contributed by atoms with van der Waals surface area (Å²) in [6.07, 6.45) is 0. The monoisotopic (exact) mass is 353 g/mol. The molecule has 0 bridgehead atoms. The van der Waals surface area contributed by atoms with Crippen LogP contribution < -0.4 is 11.3 Å². The molecule has 1 unspecified atom stereocenters. The molecule has 2 N–H and O–H groups in total. The first-order valence-corrected chi connectivity index (χ1v) is 7.82. The summed E-state index contributed by atoms with van der Waals surface area (Å²) in [6, 6.07) is 13.5. The van der Waals surface area contributed by atoms with Crippen LogP contribution in [0.3, 0.4) is 0 Å². The van der Waals surface area contributed by atoms with Crippen LogP contribution in [-0.2, 0) is 0 Å². The fraction of sp³-hybridized carbons (Fsp3) is 0. The Kier molecular flexibility index (Phi) is 3.30. The molecular formula is C16H12N5O3P. The van der Waals surface area contributed by atoms with Gasteiger partial charge in [0.2, 0.25) is 0 Å². The normalized spacial score (nSPS) is 11.2. The number of pyridine rings is 1. The molecule has 4 rings (SSSR count). The molecule has 9 heteroatoms. The molecule has 2 heterocycles. The highest BCUT2D eigenvalue weighted by molar-refractivity contribution is 7.14. The van der Waals surface area contributed by atoms with Crippen molar-refractivity contribution >= 4 is 42.7 Å². The Bertz CT molecular complexity index is 1210. The van der Waals surface area contributed by atoms with Gasteiger partial charge >= 0.3 is 0 Å². The van der Waals surface area contributed by atoms with Crippen LogP contribution in [0.2, 0.25) is 0 Å². The lowest BCUT2D eigenvalue weighted by atomic mass is 10.1. The maximum absolute atomic E-state index is 12.7. The molecule has 0 amide bonds. The molecule has 4 aromatic rings. The molecular weight excluding hydrogens is 341 g/mol. The van der Waals surface area contributed by atoms with Crippen molar-refractivity contribution < 1.29 is 4.92 Å². The van der Waals surface area contributed by atoms with E-state index in [2.05, 4.69) is 14.5 Å². The van der Waals surface area contributed by atoms with Crippen molar-refractivity contribution in [1.82, 2.24) is 14.1 Å². The molecule has 8 nitrogen and oxygen atoms in total. The number of nitrogens with zero attached hydrogens (tertiary/aromatic N) is 4. The van der Waals surface area contributed by atoms with Crippen molar-refractivity contribution in [1.29, 1.82) is 0 Å². The molecule has 0 saturated carbocycles. The lowest BCUT2D eigenvalue weighted by Crippen LogP contribution is -2.14. The van der Waals surface area contributed by atoms with Crippen LogP contribution in [0.15, 0.2) is 53.3 Å². The van der Waals surface area contributed by atoms with E-state index in [1.54, 1.807) is 6.07 Å². The lowest BCUT2D eigenvalue weighted by Gasteiger charge is -2.05. The van der Waals surface area contributed by atoms with E-state index in [1.165, 1.54) is 21.2 Å². The first-order chi connectivity index (χ1) is 12.0. The second kappa shape index (κ2) is 5.39. The number of aromatic nitrogens is 3. The number of para-hydroxylation sites is 1. The summed E-state index contributed by atoms with van der Waals surface area (Å²) < 4.78 is 2.77. The molecule has 0 aliphatic rings. The number of rotatable bonds is 2. The van der Waals surface area contributed by atoms with Crippen LogP contribution in [0.25, 0.3) is 27.5 Å². The zero-order valence-electron chi connectivity index (χ0n) is 12.8. The van der Waals surface area contributed by atoms with E-state index < -0.39 is 4.92 Å². The zero-order valence-corrected chi connectivity index (χ0v) is 13.9. The van der Waals surface area contributed by atoms with Crippen LogP contribution >= 0.6 is 9.39 Å². The Hall–Kier alpha value is -3.25. The summed E-state index contributed by atoms with van der Waals surface area (Å²) in [6.45, 7) is 0. The standard InChI is InChI=1S/C16H12N5O3P/c17-15-13-14(18-19(15)9-4-2-1-3-5-9)11-7-6-10(21(23)24)8-12(11)20(25)16(13)22/h1-8H,17,25H2. The van der Waals surface area contributed by atoms with Gasteiger partial charge in [-0.3, -0.25) is 19.2 Å². The van der Waals surface area contributed by atoms with Gasteiger partial charge in [-0.05, 0) is 27.6 Å². The van der Waals surface area contributed by atoms with Crippen LogP contribution in [0, 0.1) is 10.1 Å². The number of hydrogen-bond donors (Lipinski definition) is 1. The van der Waals surface area contributed by atoms with E-state index >= 15 is 0 Å². The highest BCUT2D eigenvalue weighted by atomic mass is 31.0. The summed E-state index contributed by atoms with van der Waals surface area (Å²) in [7, 11) is 2.28. The molecule has 1 atom stereocenters. The highest BCUT2D eigenvalue weighted by Gasteiger charge is 2.19. The molecule has 0 spiro atoms. The number of non-ortho nitro benzene ring substituents is 1. The third kappa shape index (κ3) is 2.19. The van der Waals surface area contributed by atoms with E-state index in [0.29, 0.717) is 16.4 Å². The fourth-order valence-corrected chi connectivity index (χ4v) is 3.20. The van der Waals surface area contributed by atoms with Crippen molar-refractivity contribution in [3.05, 3.63) is 69.0 Å². The average Bonchev–Trinajstić information content (AvgIpc) is 2.97. The second-order valence-electron chi connectivity index (χ2n) is 5.49. The first-order valence-electron chi connectivity index (χ1n) is 7.31. The molecule has 25 heavy (non-hydrogen) atoms. The predicted octanol–water partition coefficient (Wildman–Crippen LogP) is 2.47. The Morgan fingerprint density at radius 2 is 1.88 bits per heavy atom. The van der Waals surface area contributed by atoms with Crippen molar-refractivity contribution in [3.63, 3.8) is 0 Å². The van der Waals surface area contributed by atoms with Gasteiger partial charge in [0, 0.05) is 17.5 Å². The fourth-order valence-electron chi connectivity index (χ4n) is 2.86. The molecule has 2 aromatic heterocycles. The number of nitrogen functional groups attached to an aromatic ring is 1. The quantitative estimate of drug-likeness (QED) is 0.338. The third-order valence-corrected chi connectivity index (χ3v) is 4.57. The van der Waals surface area contributed by atoms with E-state index in [-0.39, 0.29) is 22.5 Å². The summed E-state index contributed by atoms with van der Waals surface area (Å²) in [4.78, 5) is 23.2. The minimum atomic E-state index is -0.504. The van der Waals surface area contributed by atoms with E-state index in [4.69, 9.17) is 5.73 Å². The van der Waals surface area contributed by atoms with Crippen molar-refractivity contribution in [2.75, 3.05) is 5.73 Å². The molecule has 0 radical (unpaired) electrons. The van der Waals surface area contributed by atoms with Crippen LogP contribution in [0.4, 0.5) is 11.5 Å². The van der Waals surface area contributed by atoms with Gasteiger partial charge in [-0.2, -0.15) is 5.10 Å². The molecule has 0 fully saturated rings. The number of benzene rings is 2. The number of anilines is 1. The smallest absolute Gasteiger partial charge is 0.271 e. The van der Waals surface area contributed by atoms with E-state index in [9.17, 15) is 14.9 Å². The van der Waals surface area contributed by atoms with Crippen LogP contribution in [0.5, 0.6) is 0 Å². The van der Waals surface area contributed by atoms with Gasteiger partial charge in [0.05, 0.1) is 16.1 Å². The summed E-state index contributed by atoms with van der Waals surface area (Å²) in [5.74, 6) is 0.225. The number of hydrogen-bond acceptors (Lipinski definition) is 5. The van der Waals surface area contributed by atoms with Gasteiger partial charge in [0.25, 0.3) is 11.2 Å². The third-order valence-electron chi connectivity index (χ3n) is 4.06.